The predicted molar refractivity (Wildman–Crippen MR) is 74.3 cm³/mol. The van der Waals surface area contributed by atoms with Crippen LogP contribution in [0.15, 0.2) is 30.3 Å². The second-order valence-electron chi connectivity index (χ2n) is 4.36. The Morgan fingerprint density at radius 2 is 2.12 bits per heavy atom. The minimum absolute atomic E-state index is 0.395. The monoisotopic (exact) mass is 243 g/mol. The fraction of sp³-hybridized carbons (Fsp3) is 0.231. The molecular weight excluding hydrogens is 230 g/mol. The Kier molecular flexibility index (Phi) is 2.44. The lowest BCUT2D eigenvalue weighted by Gasteiger charge is -2.10. The number of rotatable bonds is 3. The molecule has 17 heavy (non-hydrogen) atoms. The van der Waals surface area contributed by atoms with Crippen molar-refractivity contribution in [1.29, 1.82) is 0 Å². The van der Waals surface area contributed by atoms with Gasteiger partial charge in [0, 0.05) is 11.4 Å². The van der Waals surface area contributed by atoms with Crippen LogP contribution in [0.25, 0.3) is 10.9 Å². The zero-order valence-electron chi connectivity index (χ0n) is 9.31. The van der Waals surface area contributed by atoms with Crippen LogP contribution in [0.2, 0.25) is 0 Å². The molecule has 3 rings (SSSR count). The number of pyridine rings is 1. The van der Waals surface area contributed by atoms with E-state index in [1.165, 1.54) is 12.8 Å². The van der Waals surface area contributed by atoms with Crippen LogP contribution in [0.5, 0.6) is 0 Å². The van der Waals surface area contributed by atoms with E-state index < -0.39 is 0 Å². The number of nitrogens with zero attached hydrogens (tertiary/aromatic N) is 1. The van der Waals surface area contributed by atoms with E-state index in [1.807, 2.05) is 30.3 Å². The Bertz CT molecular complexity index is 590. The van der Waals surface area contributed by atoms with Crippen LogP contribution in [0.4, 0.5) is 5.82 Å². The van der Waals surface area contributed by atoms with Crippen molar-refractivity contribution in [3.63, 3.8) is 0 Å². The summed E-state index contributed by atoms with van der Waals surface area (Å²) in [5.74, 6) is 0.818. The van der Waals surface area contributed by atoms with E-state index in [4.69, 9.17) is 18.0 Å². The van der Waals surface area contributed by atoms with Crippen molar-refractivity contribution in [2.45, 2.75) is 18.9 Å². The Balaban J connectivity index is 2.14. The number of aromatic nitrogens is 1. The van der Waals surface area contributed by atoms with E-state index in [0.29, 0.717) is 11.0 Å². The Morgan fingerprint density at radius 3 is 2.82 bits per heavy atom. The molecular formula is C13H13N3S. The van der Waals surface area contributed by atoms with Crippen molar-refractivity contribution in [2.75, 3.05) is 5.32 Å². The van der Waals surface area contributed by atoms with Crippen LogP contribution in [-0.4, -0.2) is 16.0 Å². The van der Waals surface area contributed by atoms with Gasteiger partial charge in [-0.3, -0.25) is 0 Å². The number of fused-ring (bicyclic) bond motifs is 1. The van der Waals surface area contributed by atoms with E-state index in [2.05, 4.69) is 10.3 Å². The summed E-state index contributed by atoms with van der Waals surface area (Å²) in [7, 11) is 0. The molecule has 0 spiro atoms. The molecule has 86 valence electrons. The second-order valence-corrected chi connectivity index (χ2v) is 4.80. The molecule has 1 aromatic carbocycles. The first-order valence-corrected chi connectivity index (χ1v) is 6.11. The lowest BCUT2D eigenvalue weighted by molar-refractivity contribution is 1.12. The number of nitrogens with two attached hydrogens (primary N) is 1. The maximum absolute atomic E-state index is 5.75. The van der Waals surface area contributed by atoms with Crippen LogP contribution in [0.1, 0.15) is 18.4 Å². The fourth-order valence-electron chi connectivity index (χ4n) is 1.83. The summed E-state index contributed by atoms with van der Waals surface area (Å²) in [6.45, 7) is 0. The summed E-state index contributed by atoms with van der Waals surface area (Å²) in [5, 5.41) is 4.45. The molecule has 0 aliphatic heterocycles. The third-order valence-corrected chi connectivity index (χ3v) is 3.13. The van der Waals surface area contributed by atoms with Crippen molar-refractivity contribution < 1.29 is 0 Å². The van der Waals surface area contributed by atoms with Gasteiger partial charge in [0.2, 0.25) is 0 Å². The third kappa shape index (κ3) is 2.08. The number of hydrogen-bond acceptors (Lipinski definition) is 3. The quantitative estimate of drug-likeness (QED) is 0.813. The summed E-state index contributed by atoms with van der Waals surface area (Å²) in [6, 6.07) is 10.5. The summed E-state index contributed by atoms with van der Waals surface area (Å²) >= 11 is 5.08. The van der Waals surface area contributed by atoms with Crippen molar-refractivity contribution in [2.24, 2.45) is 5.73 Å². The number of thiocarbonyl (C=S) groups is 1. The first kappa shape index (κ1) is 10.5. The number of hydrogen-bond donors (Lipinski definition) is 2. The highest BCUT2D eigenvalue weighted by atomic mass is 32.1. The van der Waals surface area contributed by atoms with E-state index >= 15 is 0 Å². The van der Waals surface area contributed by atoms with E-state index in [-0.39, 0.29) is 0 Å². The molecule has 0 saturated heterocycles. The van der Waals surface area contributed by atoms with Crippen LogP contribution in [-0.2, 0) is 0 Å². The van der Waals surface area contributed by atoms with Gasteiger partial charge in [-0.05, 0) is 25.0 Å². The molecule has 1 heterocycles. The lowest BCUT2D eigenvalue weighted by atomic mass is 10.1. The van der Waals surface area contributed by atoms with Gasteiger partial charge in [0.25, 0.3) is 0 Å². The third-order valence-electron chi connectivity index (χ3n) is 2.91. The van der Waals surface area contributed by atoms with E-state index in [1.54, 1.807) is 0 Å². The molecule has 0 unspecified atom stereocenters. The van der Waals surface area contributed by atoms with Gasteiger partial charge in [0.15, 0.2) is 0 Å². The molecule has 1 aliphatic rings. The highest BCUT2D eigenvalue weighted by Crippen LogP contribution is 2.27. The standard InChI is InChI=1S/C13H13N3S/c14-12(17)10-7-8-3-1-2-4-11(8)16-13(10)15-9-5-6-9/h1-4,7,9H,5-6H2,(H2,14,17)(H,15,16). The number of benzene rings is 1. The molecule has 0 radical (unpaired) electrons. The van der Waals surface area contributed by atoms with Gasteiger partial charge >= 0.3 is 0 Å². The van der Waals surface area contributed by atoms with Gasteiger partial charge in [-0.1, -0.05) is 30.4 Å². The summed E-state index contributed by atoms with van der Waals surface area (Å²) in [6.07, 6.45) is 2.40. The molecule has 4 heteroatoms. The Morgan fingerprint density at radius 1 is 1.35 bits per heavy atom. The molecule has 0 amide bonds. The normalized spacial score (nSPS) is 14.8. The minimum atomic E-state index is 0.395. The van der Waals surface area contributed by atoms with Gasteiger partial charge in [-0.25, -0.2) is 4.98 Å². The first-order chi connectivity index (χ1) is 8.24. The summed E-state index contributed by atoms with van der Waals surface area (Å²) < 4.78 is 0. The summed E-state index contributed by atoms with van der Waals surface area (Å²) in [4.78, 5) is 4.99. The molecule has 1 saturated carbocycles. The maximum atomic E-state index is 5.75. The van der Waals surface area contributed by atoms with Crippen LogP contribution in [0.3, 0.4) is 0 Å². The lowest BCUT2D eigenvalue weighted by Crippen LogP contribution is -2.15. The average Bonchev–Trinajstić information content (AvgIpc) is 3.12. The molecule has 2 aromatic rings. The van der Waals surface area contributed by atoms with Crippen LogP contribution >= 0.6 is 12.2 Å². The molecule has 1 aromatic heterocycles. The first-order valence-electron chi connectivity index (χ1n) is 5.70. The highest BCUT2D eigenvalue weighted by Gasteiger charge is 2.23. The molecule has 3 N–H and O–H groups in total. The Labute approximate surface area is 105 Å². The molecule has 3 nitrogen and oxygen atoms in total. The van der Waals surface area contributed by atoms with Crippen LogP contribution in [0, 0.1) is 0 Å². The fourth-order valence-corrected chi connectivity index (χ4v) is 1.99. The van der Waals surface area contributed by atoms with Gasteiger partial charge in [-0.2, -0.15) is 0 Å². The van der Waals surface area contributed by atoms with Crippen molar-refractivity contribution in [1.82, 2.24) is 4.98 Å². The minimum Gasteiger partial charge on any atom is -0.389 e. The Hall–Kier alpha value is -1.68. The van der Waals surface area contributed by atoms with Gasteiger partial charge in [0.1, 0.15) is 10.8 Å². The SMILES string of the molecule is NC(=S)c1cc2ccccc2nc1NC1CC1. The molecule has 0 bridgehead atoms. The predicted octanol–water partition coefficient (Wildman–Crippen LogP) is 2.44. The average molecular weight is 243 g/mol. The maximum Gasteiger partial charge on any atom is 0.137 e. The molecule has 1 aliphatic carbocycles. The smallest absolute Gasteiger partial charge is 0.137 e. The summed E-state index contributed by atoms with van der Waals surface area (Å²) in [5.41, 5.74) is 7.56. The molecule has 0 atom stereocenters. The molecule has 1 fully saturated rings. The number of anilines is 1. The van der Waals surface area contributed by atoms with E-state index in [0.717, 1.165) is 22.3 Å². The zero-order valence-corrected chi connectivity index (χ0v) is 10.1. The van der Waals surface area contributed by atoms with Crippen molar-refractivity contribution in [3.8, 4) is 0 Å². The number of para-hydroxylation sites is 1. The van der Waals surface area contributed by atoms with Crippen molar-refractivity contribution in [3.05, 3.63) is 35.9 Å². The topological polar surface area (TPSA) is 50.9 Å². The second kappa shape index (κ2) is 3.96. The van der Waals surface area contributed by atoms with E-state index in [9.17, 15) is 0 Å². The largest absolute Gasteiger partial charge is 0.389 e. The van der Waals surface area contributed by atoms with Crippen LogP contribution < -0.4 is 11.1 Å². The van der Waals surface area contributed by atoms with Gasteiger partial charge in [0.05, 0.1) is 11.1 Å². The van der Waals surface area contributed by atoms with Gasteiger partial charge in [-0.15, -0.1) is 0 Å². The van der Waals surface area contributed by atoms with Crippen molar-refractivity contribution >= 4 is 33.9 Å². The van der Waals surface area contributed by atoms with Gasteiger partial charge < -0.3 is 11.1 Å². The highest BCUT2D eigenvalue weighted by molar-refractivity contribution is 7.80. The zero-order chi connectivity index (χ0) is 11.8. The number of nitrogens with one attached hydrogen (secondary N) is 1.